The van der Waals surface area contributed by atoms with E-state index in [1.807, 2.05) is 12.1 Å². The van der Waals surface area contributed by atoms with Gasteiger partial charge in [-0.1, -0.05) is 18.2 Å². The number of amides is 1. The van der Waals surface area contributed by atoms with Gasteiger partial charge in [-0.3, -0.25) is 9.78 Å². The number of hydrogen-bond acceptors (Lipinski definition) is 4. The molecule has 2 rings (SSSR count). The van der Waals surface area contributed by atoms with Crippen molar-refractivity contribution in [2.24, 2.45) is 0 Å². The summed E-state index contributed by atoms with van der Waals surface area (Å²) in [7, 11) is -1.88. The molecule has 1 amide bonds. The van der Waals surface area contributed by atoms with E-state index in [4.69, 9.17) is 0 Å². The largest absolute Gasteiger partial charge is 0.345 e. The molecular weight excluding hydrogens is 369 g/mol. The number of aromatic nitrogens is 1. The van der Waals surface area contributed by atoms with E-state index in [2.05, 4.69) is 4.98 Å². The first-order valence-corrected chi connectivity index (χ1v) is 10.4. The Bertz CT molecular complexity index is 860. The Labute approximate surface area is 159 Å². The highest BCUT2D eigenvalue weighted by Gasteiger charge is 2.20. The smallest absolute Gasteiger partial charge is 0.223 e. The van der Waals surface area contributed by atoms with Crippen LogP contribution in [0.2, 0.25) is 0 Å². The molecule has 2 aromatic rings. The van der Waals surface area contributed by atoms with E-state index in [0.29, 0.717) is 13.0 Å². The maximum absolute atomic E-state index is 13.8. The first-order chi connectivity index (χ1) is 12.8. The van der Waals surface area contributed by atoms with Gasteiger partial charge in [0, 0.05) is 51.1 Å². The predicted molar refractivity (Wildman–Crippen MR) is 102 cm³/mol. The van der Waals surface area contributed by atoms with Crippen molar-refractivity contribution in [1.82, 2.24) is 14.2 Å². The normalized spacial score (nSPS) is 11.6. The molecule has 1 aromatic carbocycles. The van der Waals surface area contributed by atoms with Gasteiger partial charge in [0.15, 0.2) is 0 Å². The first-order valence-electron chi connectivity index (χ1n) is 8.59. The molecule has 0 bridgehead atoms. The third kappa shape index (κ3) is 6.73. The summed E-state index contributed by atoms with van der Waals surface area (Å²) in [5.74, 6) is -0.627. The van der Waals surface area contributed by atoms with Crippen molar-refractivity contribution in [1.29, 1.82) is 0 Å². The number of nitrogens with zero attached hydrogens (tertiary/aromatic N) is 3. The summed E-state index contributed by atoms with van der Waals surface area (Å²) in [6.07, 6.45) is 5.18. The van der Waals surface area contributed by atoms with E-state index in [-0.39, 0.29) is 31.0 Å². The number of carbonyl (C=O) groups is 1. The number of halogens is 1. The van der Waals surface area contributed by atoms with Gasteiger partial charge in [-0.25, -0.2) is 12.8 Å². The quantitative estimate of drug-likeness (QED) is 0.654. The Kier molecular flexibility index (Phi) is 7.44. The highest BCUT2D eigenvalue weighted by Crippen LogP contribution is 2.13. The van der Waals surface area contributed by atoms with Gasteiger partial charge in [-0.15, -0.1) is 0 Å². The highest BCUT2D eigenvalue weighted by molar-refractivity contribution is 7.88. The van der Waals surface area contributed by atoms with Crippen LogP contribution in [0.15, 0.2) is 48.8 Å². The summed E-state index contributed by atoms with van der Waals surface area (Å²) in [6, 6.07) is 9.79. The molecule has 0 aliphatic heterocycles. The number of sulfonamides is 1. The molecule has 1 heterocycles. The van der Waals surface area contributed by atoms with Crippen LogP contribution in [0, 0.1) is 5.82 Å². The van der Waals surface area contributed by atoms with E-state index >= 15 is 0 Å². The number of likely N-dealkylation sites (N-methyl/N-ethyl adjacent to an activating group) is 1. The Morgan fingerprint density at radius 2 is 1.78 bits per heavy atom. The molecule has 0 aliphatic carbocycles. The molecule has 0 unspecified atom stereocenters. The summed E-state index contributed by atoms with van der Waals surface area (Å²) in [4.78, 5) is 17.9. The molecule has 27 heavy (non-hydrogen) atoms. The fourth-order valence-corrected chi connectivity index (χ4v) is 3.36. The van der Waals surface area contributed by atoms with E-state index in [1.54, 1.807) is 36.5 Å². The molecule has 6 nitrogen and oxygen atoms in total. The van der Waals surface area contributed by atoms with Crippen LogP contribution in [0.4, 0.5) is 4.39 Å². The zero-order chi connectivity index (χ0) is 19.9. The third-order valence-corrected chi connectivity index (χ3v) is 5.51. The zero-order valence-electron chi connectivity index (χ0n) is 15.5. The van der Waals surface area contributed by atoms with Crippen molar-refractivity contribution < 1.29 is 17.6 Å². The molecule has 8 heteroatoms. The molecule has 0 radical (unpaired) electrons. The Morgan fingerprint density at radius 3 is 2.41 bits per heavy atom. The molecule has 0 spiro atoms. The van der Waals surface area contributed by atoms with Gasteiger partial charge in [-0.05, 0) is 30.2 Å². The van der Waals surface area contributed by atoms with Crippen molar-refractivity contribution in [3.63, 3.8) is 0 Å². The maximum atomic E-state index is 13.8. The van der Waals surface area contributed by atoms with Crippen LogP contribution in [0.25, 0.3) is 0 Å². The molecule has 0 aliphatic rings. The molecule has 0 N–H and O–H groups in total. The van der Waals surface area contributed by atoms with Crippen LogP contribution in [0.3, 0.4) is 0 Å². The number of pyridine rings is 1. The van der Waals surface area contributed by atoms with E-state index in [0.717, 1.165) is 16.1 Å². The predicted octanol–water partition coefficient (Wildman–Crippen LogP) is 2.07. The second-order valence-electron chi connectivity index (χ2n) is 6.36. The SMILES string of the molecule is CN(CCc1ccncc1)C(=O)CCN(Cc1ccccc1F)S(C)(=O)=O. The molecule has 0 saturated carbocycles. The summed E-state index contributed by atoms with van der Waals surface area (Å²) in [6.45, 7) is 0.431. The molecule has 0 fully saturated rings. The lowest BCUT2D eigenvalue weighted by atomic mass is 10.2. The monoisotopic (exact) mass is 393 g/mol. The Morgan fingerprint density at radius 1 is 1.11 bits per heavy atom. The topological polar surface area (TPSA) is 70.6 Å². The fraction of sp³-hybridized carbons (Fsp3) is 0.368. The van der Waals surface area contributed by atoms with Gasteiger partial charge in [0.25, 0.3) is 0 Å². The Hall–Kier alpha value is -2.32. The van der Waals surface area contributed by atoms with Crippen LogP contribution in [-0.2, 0) is 27.8 Å². The molecule has 146 valence electrons. The van der Waals surface area contributed by atoms with Crippen molar-refractivity contribution >= 4 is 15.9 Å². The molecular formula is C19H24FN3O3S. The second-order valence-corrected chi connectivity index (χ2v) is 8.34. The van der Waals surface area contributed by atoms with Gasteiger partial charge in [0.05, 0.1) is 6.26 Å². The summed E-state index contributed by atoms with van der Waals surface area (Å²) < 4.78 is 39.0. The van der Waals surface area contributed by atoms with Gasteiger partial charge in [0.1, 0.15) is 5.82 Å². The number of benzene rings is 1. The van der Waals surface area contributed by atoms with Crippen molar-refractivity contribution in [2.75, 3.05) is 26.4 Å². The number of carbonyl (C=O) groups excluding carboxylic acids is 1. The standard InChI is InChI=1S/C19H24FN3O3S/c1-22(13-9-16-7-11-21-12-8-16)19(24)10-14-23(27(2,25)26)15-17-5-3-4-6-18(17)20/h3-8,11-12H,9-10,13-15H2,1-2H3. The van der Waals surface area contributed by atoms with Gasteiger partial charge in [-0.2, -0.15) is 4.31 Å². The van der Waals surface area contributed by atoms with Crippen molar-refractivity contribution in [2.45, 2.75) is 19.4 Å². The summed E-state index contributed by atoms with van der Waals surface area (Å²) in [5, 5.41) is 0. The van der Waals surface area contributed by atoms with Crippen LogP contribution < -0.4 is 0 Å². The van der Waals surface area contributed by atoms with Crippen LogP contribution in [0.5, 0.6) is 0 Å². The number of rotatable bonds is 9. The molecule has 1 aromatic heterocycles. The molecule has 0 atom stereocenters. The fourth-order valence-electron chi connectivity index (χ4n) is 2.56. The van der Waals surface area contributed by atoms with Gasteiger partial charge >= 0.3 is 0 Å². The van der Waals surface area contributed by atoms with Crippen LogP contribution in [-0.4, -0.2) is 54.9 Å². The van der Waals surface area contributed by atoms with Crippen molar-refractivity contribution in [3.8, 4) is 0 Å². The highest BCUT2D eigenvalue weighted by atomic mass is 32.2. The third-order valence-electron chi connectivity index (χ3n) is 4.26. The minimum atomic E-state index is -3.57. The lowest BCUT2D eigenvalue weighted by molar-refractivity contribution is -0.130. The lowest BCUT2D eigenvalue weighted by Gasteiger charge is -2.22. The summed E-state index contributed by atoms with van der Waals surface area (Å²) >= 11 is 0. The second kappa shape index (κ2) is 9.57. The van der Waals surface area contributed by atoms with Crippen molar-refractivity contribution in [3.05, 3.63) is 65.7 Å². The summed E-state index contributed by atoms with van der Waals surface area (Å²) in [5.41, 5.74) is 1.35. The van der Waals surface area contributed by atoms with E-state index in [1.165, 1.54) is 12.1 Å². The zero-order valence-corrected chi connectivity index (χ0v) is 16.3. The maximum Gasteiger partial charge on any atom is 0.223 e. The lowest BCUT2D eigenvalue weighted by Crippen LogP contribution is -2.35. The van der Waals surface area contributed by atoms with Gasteiger partial charge < -0.3 is 4.90 Å². The van der Waals surface area contributed by atoms with Gasteiger partial charge in [0.2, 0.25) is 15.9 Å². The van der Waals surface area contributed by atoms with E-state index in [9.17, 15) is 17.6 Å². The minimum absolute atomic E-state index is 0.00555. The van der Waals surface area contributed by atoms with E-state index < -0.39 is 15.8 Å². The average Bonchev–Trinajstić information content (AvgIpc) is 2.64. The number of hydrogen-bond donors (Lipinski definition) is 0. The van der Waals surface area contributed by atoms with Crippen LogP contribution in [0.1, 0.15) is 17.5 Å². The van der Waals surface area contributed by atoms with Crippen LogP contribution >= 0.6 is 0 Å². The minimum Gasteiger partial charge on any atom is -0.345 e. The molecule has 0 saturated heterocycles. The first kappa shape index (κ1) is 21.0. The Balaban J connectivity index is 1.91. The average molecular weight is 393 g/mol.